The first kappa shape index (κ1) is 24.8. The maximum absolute atomic E-state index is 14.1. The van der Waals surface area contributed by atoms with Crippen LogP contribution in [0.4, 0.5) is 25.1 Å². The van der Waals surface area contributed by atoms with E-state index >= 15 is 0 Å². The molecular formula is C19H26F3N5O3S. The number of hydrogen-bond acceptors (Lipinski definition) is 7. The molecule has 1 aromatic heterocycles. The van der Waals surface area contributed by atoms with Gasteiger partial charge in [0.15, 0.2) is 11.6 Å². The van der Waals surface area contributed by atoms with Crippen LogP contribution in [0, 0.1) is 23.4 Å². The number of aliphatic hydroxyl groups excluding tert-OH is 1. The van der Waals surface area contributed by atoms with E-state index < -0.39 is 45.0 Å². The van der Waals surface area contributed by atoms with Crippen molar-refractivity contribution in [3.63, 3.8) is 0 Å². The van der Waals surface area contributed by atoms with Crippen LogP contribution in [0.1, 0.15) is 44.5 Å². The number of hydrogen-bond donors (Lipinski definition) is 3. The predicted molar refractivity (Wildman–Crippen MR) is 111 cm³/mol. The Hall–Kier alpha value is -2.47. The molecule has 2 unspecified atom stereocenters. The first-order chi connectivity index (χ1) is 14.4. The van der Waals surface area contributed by atoms with E-state index in [-0.39, 0.29) is 36.7 Å². The number of aromatic nitrogens is 3. The smallest absolute Gasteiger partial charge is 0.241 e. The summed E-state index contributed by atoms with van der Waals surface area (Å²) in [6.45, 7) is 5.17. The Morgan fingerprint density at radius 1 is 1.03 bits per heavy atom. The zero-order valence-corrected chi connectivity index (χ0v) is 18.5. The first-order valence-corrected chi connectivity index (χ1v) is 11.5. The second-order valence-electron chi connectivity index (χ2n) is 7.79. The molecule has 0 aliphatic carbocycles. The molecule has 0 saturated heterocycles. The van der Waals surface area contributed by atoms with Crippen LogP contribution < -0.4 is 10.0 Å². The second-order valence-corrected chi connectivity index (χ2v) is 9.54. The normalized spacial score (nSPS) is 13.8. The fraction of sp³-hybridized carbons (Fsp3) is 0.526. The molecule has 0 bridgehead atoms. The van der Waals surface area contributed by atoms with E-state index in [4.69, 9.17) is 0 Å². The summed E-state index contributed by atoms with van der Waals surface area (Å²) in [5, 5.41) is 12.5. The van der Waals surface area contributed by atoms with E-state index in [1.54, 1.807) is 0 Å². The van der Waals surface area contributed by atoms with Crippen molar-refractivity contribution in [3.05, 3.63) is 41.0 Å². The minimum absolute atomic E-state index is 0.0109. The zero-order valence-electron chi connectivity index (χ0n) is 17.7. The molecule has 8 nitrogen and oxygen atoms in total. The van der Waals surface area contributed by atoms with Crippen molar-refractivity contribution in [1.29, 1.82) is 0 Å². The number of nitrogens with one attached hydrogen (secondary N) is 2. The summed E-state index contributed by atoms with van der Waals surface area (Å²) in [6, 6.07) is 1.12. The molecule has 31 heavy (non-hydrogen) atoms. The Morgan fingerprint density at radius 2 is 1.65 bits per heavy atom. The summed E-state index contributed by atoms with van der Waals surface area (Å²) >= 11 is 0. The van der Waals surface area contributed by atoms with Crippen LogP contribution in [0.3, 0.4) is 0 Å². The highest BCUT2D eigenvalue weighted by Crippen LogP contribution is 2.27. The lowest BCUT2D eigenvalue weighted by Gasteiger charge is -2.19. The molecule has 0 aliphatic rings. The number of halogens is 3. The van der Waals surface area contributed by atoms with Gasteiger partial charge >= 0.3 is 0 Å². The lowest BCUT2D eigenvalue weighted by atomic mass is 9.96. The third-order valence-electron chi connectivity index (χ3n) is 4.33. The number of nitrogens with zero attached hydrogens (tertiary/aromatic N) is 3. The number of rotatable bonds is 10. The molecule has 0 saturated carbocycles. The Morgan fingerprint density at radius 3 is 2.23 bits per heavy atom. The van der Waals surface area contributed by atoms with Crippen LogP contribution in [-0.2, 0) is 16.4 Å². The molecule has 12 heteroatoms. The van der Waals surface area contributed by atoms with Gasteiger partial charge in [0.1, 0.15) is 11.6 Å². The van der Waals surface area contributed by atoms with Crippen LogP contribution in [0.25, 0.3) is 0 Å². The molecule has 0 aliphatic heterocycles. The molecule has 172 valence electrons. The summed E-state index contributed by atoms with van der Waals surface area (Å²) < 4.78 is 67.2. The zero-order chi connectivity index (χ0) is 23.3. The van der Waals surface area contributed by atoms with E-state index in [9.17, 15) is 26.7 Å². The van der Waals surface area contributed by atoms with Crippen molar-refractivity contribution in [2.75, 3.05) is 22.9 Å². The number of anilines is 2. The summed E-state index contributed by atoms with van der Waals surface area (Å²) in [7, 11) is -3.71. The van der Waals surface area contributed by atoms with Gasteiger partial charge in [-0.1, -0.05) is 20.8 Å². The van der Waals surface area contributed by atoms with Gasteiger partial charge < -0.3 is 10.4 Å². The van der Waals surface area contributed by atoms with Crippen molar-refractivity contribution in [3.8, 4) is 0 Å². The van der Waals surface area contributed by atoms with Crippen LogP contribution in [0.2, 0.25) is 0 Å². The molecule has 0 fully saturated rings. The largest absolute Gasteiger partial charge is 0.394 e. The molecule has 0 amide bonds. The lowest BCUT2D eigenvalue weighted by Crippen LogP contribution is -2.27. The Bertz CT molecular complexity index is 1020. The summed E-state index contributed by atoms with van der Waals surface area (Å²) in [5.74, 6) is -4.27. The van der Waals surface area contributed by atoms with Crippen molar-refractivity contribution in [1.82, 2.24) is 15.0 Å². The molecule has 1 aromatic carbocycles. The maximum atomic E-state index is 14.1. The van der Waals surface area contributed by atoms with Crippen LogP contribution in [0.5, 0.6) is 0 Å². The Kier molecular flexibility index (Phi) is 8.18. The van der Waals surface area contributed by atoms with Gasteiger partial charge in [0, 0.05) is 12.0 Å². The summed E-state index contributed by atoms with van der Waals surface area (Å²) in [4.78, 5) is 12.2. The lowest BCUT2D eigenvalue weighted by molar-refractivity contribution is 0.259. The quantitative estimate of drug-likeness (QED) is 0.466. The van der Waals surface area contributed by atoms with Gasteiger partial charge in [0.2, 0.25) is 21.9 Å². The Balaban J connectivity index is 2.39. The van der Waals surface area contributed by atoms with E-state index in [1.807, 2.05) is 13.8 Å². The van der Waals surface area contributed by atoms with Gasteiger partial charge in [0.25, 0.3) is 0 Å². The van der Waals surface area contributed by atoms with Gasteiger partial charge in [-0.05, 0) is 30.4 Å². The standard InChI is InChI=1S/C19H26F3N5O3S/c1-10(2)7-12(9-28)23-18-24-15(25-19(26-18)27-31(4,29)30)8-11(3)16-13(20)5-6-14(21)17(16)22/h5-6,10-12,28H,7-9H2,1-4H3,(H2,23,24,25,26,27). The van der Waals surface area contributed by atoms with E-state index in [1.165, 1.54) is 6.92 Å². The Labute approximate surface area is 179 Å². The highest BCUT2D eigenvalue weighted by molar-refractivity contribution is 7.91. The van der Waals surface area contributed by atoms with Crippen LogP contribution >= 0.6 is 0 Å². The molecule has 0 spiro atoms. The molecule has 2 aromatic rings. The van der Waals surface area contributed by atoms with Crippen LogP contribution in [-0.4, -0.2) is 47.4 Å². The van der Waals surface area contributed by atoms with E-state index in [2.05, 4.69) is 25.0 Å². The van der Waals surface area contributed by atoms with E-state index in [0.717, 1.165) is 12.3 Å². The van der Waals surface area contributed by atoms with Gasteiger partial charge in [-0.25, -0.2) is 21.6 Å². The average Bonchev–Trinajstić information content (AvgIpc) is 2.62. The third kappa shape index (κ3) is 7.31. The first-order valence-electron chi connectivity index (χ1n) is 9.63. The molecular weight excluding hydrogens is 435 g/mol. The van der Waals surface area contributed by atoms with Crippen molar-refractivity contribution in [2.45, 2.75) is 45.6 Å². The molecule has 0 radical (unpaired) electrons. The SMILES string of the molecule is CC(C)CC(CO)Nc1nc(CC(C)c2c(F)ccc(F)c2F)nc(NS(C)(=O)=O)n1. The average molecular weight is 462 g/mol. The number of sulfonamides is 1. The molecule has 2 rings (SSSR count). The highest BCUT2D eigenvalue weighted by atomic mass is 32.2. The van der Waals surface area contributed by atoms with Crippen molar-refractivity contribution < 1.29 is 26.7 Å². The van der Waals surface area contributed by atoms with Crippen molar-refractivity contribution >= 4 is 21.9 Å². The van der Waals surface area contributed by atoms with Crippen molar-refractivity contribution in [2.24, 2.45) is 5.92 Å². The second kappa shape index (κ2) is 10.2. The van der Waals surface area contributed by atoms with Gasteiger partial charge in [-0.15, -0.1) is 0 Å². The molecule has 2 atom stereocenters. The van der Waals surface area contributed by atoms with Gasteiger partial charge in [-0.3, -0.25) is 4.72 Å². The third-order valence-corrected chi connectivity index (χ3v) is 4.88. The number of aliphatic hydroxyl groups is 1. The minimum atomic E-state index is -3.71. The van der Waals surface area contributed by atoms with Gasteiger partial charge in [0.05, 0.1) is 18.9 Å². The fourth-order valence-electron chi connectivity index (χ4n) is 3.09. The topological polar surface area (TPSA) is 117 Å². The van der Waals surface area contributed by atoms with E-state index in [0.29, 0.717) is 12.5 Å². The summed E-state index contributed by atoms with van der Waals surface area (Å²) in [5.41, 5.74) is -0.458. The molecule has 3 N–H and O–H groups in total. The highest BCUT2D eigenvalue weighted by Gasteiger charge is 2.22. The van der Waals surface area contributed by atoms with Crippen LogP contribution in [0.15, 0.2) is 12.1 Å². The van der Waals surface area contributed by atoms with Gasteiger partial charge in [-0.2, -0.15) is 15.0 Å². The fourth-order valence-corrected chi connectivity index (χ4v) is 3.51. The minimum Gasteiger partial charge on any atom is -0.394 e. The number of benzene rings is 1. The maximum Gasteiger partial charge on any atom is 0.241 e. The predicted octanol–water partition coefficient (Wildman–Crippen LogP) is 2.83. The molecule has 1 heterocycles. The summed E-state index contributed by atoms with van der Waals surface area (Å²) in [6.07, 6.45) is 1.38. The monoisotopic (exact) mass is 461 g/mol.